The number of hydrogen-bond donors (Lipinski definition) is 2. The van der Waals surface area contributed by atoms with Gasteiger partial charge in [0.05, 0.1) is 15.2 Å². The summed E-state index contributed by atoms with van der Waals surface area (Å²) in [5, 5.41) is 12.5. The summed E-state index contributed by atoms with van der Waals surface area (Å²) in [6, 6.07) is 10.1. The number of carbonyl (C=O) groups excluding carboxylic acids is 1. The summed E-state index contributed by atoms with van der Waals surface area (Å²) in [7, 11) is -4.05. The minimum Gasteiger partial charge on any atom is -0.378 e. The van der Waals surface area contributed by atoms with Gasteiger partial charge in [-0.2, -0.15) is 0 Å². The molecule has 3 aromatic rings. The van der Waals surface area contributed by atoms with E-state index in [1.54, 1.807) is 24.4 Å². The van der Waals surface area contributed by atoms with Crippen LogP contribution in [0.5, 0.6) is 0 Å². The maximum absolute atomic E-state index is 13.8. The zero-order valence-electron chi connectivity index (χ0n) is 20.3. The van der Waals surface area contributed by atoms with E-state index in [4.69, 9.17) is 11.6 Å². The Morgan fingerprint density at radius 2 is 1.72 bits per heavy atom. The average molecular weight is 575 g/mol. The topological polar surface area (TPSA) is 96.4 Å². The van der Waals surface area contributed by atoms with Crippen LogP contribution in [0.4, 0.5) is 18.9 Å². The number of nitrogens with one attached hydrogen (secondary N) is 1. The standard InChI is InChI=1S/C28H22ClF3N2O4S/c29-21-7-6-16(27(35)34-20-12-22(30)25(32)23(31)13-20)11-24(21)39(37,38)26-17-4-5-18(26)15-28(36,14-17)9-8-19-3-1-2-10-33-19/h1-3,6-7,10-13,17-18,26,36H,4-5,14-15H2,(H,34,35)/t17?,18?,26-,28-. The number of aromatic nitrogens is 1. The van der Waals surface area contributed by atoms with E-state index in [1.165, 1.54) is 12.1 Å². The van der Waals surface area contributed by atoms with Crippen molar-refractivity contribution in [1.29, 1.82) is 0 Å². The fraction of sp³-hybridized carbons (Fsp3) is 0.286. The van der Waals surface area contributed by atoms with E-state index in [2.05, 4.69) is 22.1 Å². The Balaban J connectivity index is 1.39. The summed E-state index contributed by atoms with van der Waals surface area (Å²) in [4.78, 5) is 16.6. The van der Waals surface area contributed by atoms with Crippen LogP contribution in [-0.2, 0) is 9.84 Å². The molecule has 2 aliphatic rings. The van der Waals surface area contributed by atoms with Crippen LogP contribution in [0.25, 0.3) is 0 Å². The number of anilines is 1. The number of benzene rings is 2. The molecule has 2 N–H and O–H groups in total. The first-order valence-electron chi connectivity index (χ1n) is 12.1. The Bertz CT molecular complexity index is 1590. The number of aliphatic hydroxyl groups is 1. The Morgan fingerprint density at radius 3 is 2.33 bits per heavy atom. The molecule has 2 aromatic carbocycles. The van der Waals surface area contributed by atoms with Crippen molar-refractivity contribution in [1.82, 2.24) is 4.98 Å². The lowest BCUT2D eigenvalue weighted by Gasteiger charge is -2.38. The molecule has 0 radical (unpaired) electrons. The van der Waals surface area contributed by atoms with Crippen molar-refractivity contribution in [2.75, 3.05) is 5.32 Å². The van der Waals surface area contributed by atoms with Crippen LogP contribution in [0.2, 0.25) is 5.02 Å². The van der Waals surface area contributed by atoms with Gasteiger partial charge >= 0.3 is 0 Å². The molecular formula is C28H22ClF3N2O4S. The number of hydrogen-bond acceptors (Lipinski definition) is 5. The van der Waals surface area contributed by atoms with E-state index in [-0.39, 0.29) is 45.8 Å². The number of nitrogens with zero attached hydrogens (tertiary/aromatic N) is 1. The van der Waals surface area contributed by atoms with Crippen molar-refractivity contribution in [2.45, 2.75) is 41.4 Å². The van der Waals surface area contributed by atoms with Crippen molar-refractivity contribution in [3.05, 3.63) is 88.5 Å². The highest BCUT2D eigenvalue weighted by molar-refractivity contribution is 7.92. The number of sulfone groups is 1. The Labute approximate surface area is 228 Å². The molecule has 2 fully saturated rings. The van der Waals surface area contributed by atoms with Crippen molar-refractivity contribution in [2.24, 2.45) is 11.8 Å². The highest BCUT2D eigenvalue weighted by atomic mass is 35.5. The molecule has 1 amide bonds. The van der Waals surface area contributed by atoms with Crippen LogP contribution >= 0.6 is 11.6 Å². The third-order valence-corrected chi connectivity index (χ3v) is 10.1. The summed E-state index contributed by atoms with van der Waals surface area (Å²) in [6.07, 6.45) is 3.08. The molecule has 1 heterocycles. The maximum atomic E-state index is 13.8. The van der Waals surface area contributed by atoms with Gasteiger partial charge < -0.3 is 10.4 Å². The number of carbonyl (C=O) groups is 1. The summed E-state index contributed by atoms with van der Waals surface area (Å²) >= 11 is 6.28. The van der Waals surface area contributed by atoms with Crippen LogP contribution in [0.3, 0.4) is 0 Å². The maximum Gasteiger partial charge on any atom is 0.255 e. The average Bonchev–Trinajstić information content (AvgIpc) is 3.20. The van der Waals surface area contributed by atoms with Crippen molar-refractivity contribution in [3.63, 3.8) is 0 Å². The van der Waals surface area contributed by atoms with Gasteiger partial charge in [0, 0.05) is 29.6 Å². The zero-order chi connectivity index (χ0) is 27.9. The second-order valence-electron chi connectivity index (χ2n) is 9.87. The molecule has 11 heteroatoms. The quantitative estimate of drug-likeness (QED) is 0.332. The van der Waals surface area contributed by atoms with Crippen LogP contribution in [0, 0.1) is 41.1 Å². The molecule has 5 rings (SSSR count). The summed E-state index contributed by atoms with van der Waals surface area (Å²) in [5.74, 6) is -0.501. The van der Waals surface area contributed by atoms with Gasteiger partial charge in [-0.3, -0.25) is 4.79 Å². The molecule has 2 saturated carbocycles. The van der Waals surface area contributed by atoms with Crippen molar-refractivity contribution >= 4 is 33.0 Å². The lowest BCUT2D eigenvalue weighted by Crippen LogP contribution is -2.45. The molecule has 202 valence electrons. The zero-order valence-corrected chi connectivity index (χ0v) is 21.9. The Morgan fingerprint density at radius 1 is 1.05 bits per heavy atom. The highest BCUT2D eigenvalue weighted by Gasteiger charge is 2.54. The molecule has 2 unspecified atom stereocenters. The van der Waals surface area contributed by atoms with Gasteiger partial charge in [-0.1, -0.05) is 23.6 Å². The Kier molecular flexibility index (Phi) is 7.18. The molecule has 6 nitrogen and oxygen atoms in total. The normalized spacial score (nSPS) is 24.1. The lowest BCUT2D eigenvalue weighted by atomic mass is 9.77. The number of pyridine rings is 1. The van der Waals surface area contributed by atoms with Crippen LogP contribution in [0.15, 0.2) is 59.6 Å². The summed E-state index contributed by atoms with van der Waals surface area (Å²) in [5.41, 5.74) is -1.32. The van der Waals surface area contributed by atoms with Crippen LogP contribution < -0.4 is 5.32 Å². The summed E-state index contributed by atoms with van der Waals surface area (Å²) in [6.45, 7) is 0. The number of amides is 1. The third kappa shape index (κ3) is 5.39. The van der Waals surface area contributed by atoms with E-state index >= 15 is 0 Å². The fourth-order valence-corrected chi connectivity index (χ4v) is 8.44. The van der Waals surface area contributed by atoms with E-state index in [0.717, 1.165) is 6.07 Å². The van der Waals surface area contributed by atoms with Crippen LogP contribution in [-0.4, -0.2) is 35.3 Å². The molecular weight excluding hydrogens is 553 g/mol. The van der Waals surface area contributed by atoms with E-state index < -0.39 is 44.0 Å². The first-order valence-corrected chi connectivity index (χ1v) is 14.1. The molecule has 2 bridgehead atoms. The predicted molar refractivity (Wildman–Crippen MR) is 138 cm³/mol. The molecule has 39 heavy (non-hydrogen) atoms. The van der Waals surface area contributed by atoms with E-state index in [0.29, 0.717) is 30.7 Å². The lowest BCUT2D eigenvalue weighted by molar-refractivity contribution is 0.0340. The molecule has 2 aliphatic carbocycles. The number of halogens is 4. The van der Waals surface area contributed by atoms with Gasteiger partial charge in [0.2, 0.25) is 0 Å². The van der Waals surface area contributed by atoms with Gasteiger partial charge in [0.15, 0.2) is 27.3 Å². The predicted octanol–water partition coefficient (Wildman–Crippen LogP) is 5.15. The van der Waals surface area contributed by atoms with Gasteiger partial charge in [-0.05, 0) is 73.8 Å². The largest absolute Gasteiger partial charge is 0.378 e. The first-order chi connectivity index (χ1) is 18.5. The number of rotatable bonds is 4. The van der Waals surface area contributed by atoms with Gasteiger partial charge in [0.25, 0.3) is 5.91 Å². The minimum atomic E-state index is -4.05. The second kappa shape index (κ2) is 10.3. The minimum absolute atomic E-state index is 0.0828. The van der Waals surface area contributed by atoms with Gasteiger partial charge in [0.1, 0.15) is 11.3 Å². The Hall–Kier alpha value is -3.39. The van der Waals surface area contributed by atoms with E-state index in [1.807, 2.05) is 0 Å². The van der Waals surface area contributed by atoms with Gasteiger partial charge in [-0.15, -0.1) is 0 Å². The molecule has 0 saturated heterocycles. The summed E-state index contributed by atoms with van der Waals surface area (Å²) < 4.78 is 68.0. The van der Waals surface area contributed by atoms with Crippen molar-refractivity contribution < 1.29 is 31.5 Å². The smallest absolute Gasteiger partial charge is 0.255 e. The van der Waals surface area contributed by atoms with E-state index in [9.17, 15) is 31.5 Å². The number of fused-ring (bicyclic) bond motifs is 2. The fourth-order valence-electron chi connectivity index (χ4n) is 5.59. The third-order valence-electron chi connectivity index (χ3n) is 7.23. The highest BCUT2D eigenvalue weighted by Crippen LogP contribution is 2.51. The van der Waals surface area contributed by atoms with Gasteiger partial charge in [-0.25, -0.2) is 26.6 Å². The molecule has 1 aromatic heterocycles. The monoisotopic (exact) mass is 574 g/mol. The molecule has 0 spiro atoms. The molecule has 0 aliphatic heterocycles. The molecule has 2 atom stereocenters. The first kappa shape index (κ1) is 27.2. The SMILES string of the molecule is O=C(Nc1cc(F)c(F)c(F)c1)c1ccc(Cl)c(S(=O)(=O)[C@H]2C3CCC2C[C@](O)(C#Cc2ccccn2)C3)c1. The second-order valence-corrected chi connectivity index (χ2v) is 12.3. The van der Waals surface area contributed by atoms with Crippen LogP contribution in [0.1, 0.15) is 41.7 Å². The van der Waals surface area contributed by atoms with Crippen molar-refractivity contribution in [3.8, 4) is 11.8 Å².